The summed E-state index contributed by atoms with van der Waals surface area (Å²) >= 11 is 0. The molecule has 0 amide bonds. The topological polar surface area (TPSA) is 47.9 Å². The molecule has 222 valence electrons. The van der Waals surface area contributed by atoms with Crippen molar-refractivity contribution in [2.45, 2.75) is 68.4 Å². The molecular formula is C37H43BO4Si. The van der Waals surface area contributed by atoms with Gasteiger partial charge in [-0.25, -0.2) is 0 Å². The normalized spacial score (nSPS) is 21.9. The first-order valence-corrected chi connectivity index (χ1v) is 18.4. The Morgan fingerprint density at radius 2 is 1.07 bits per heavy atom. The predicted molar refractivity (Wildman–Crippen MR) is 176 cm³/mol. The Kier molecular flexibility index (Phi) is 8.03. The molecule has 1 saturated heterocycles. The Morgan fingerprint density at radius 1 is 0.721 bits per heavy atom. The third kappa shape index (κ3) is 5.23. The van der Waals surface area contributed by atoms with Gasteiger partial charge in [-0.1, -0.05) is 142 Å². The fourth-order valence-electron chi connectivity index (χ4n) is 6.45. The Hall–Kier alpha value is -3.00. The maximum Gasteiger partial charge on any atom is 0.462 e. The second kappa shape index (κ2) is 11.5. The van der Waals surface area contributed by atoms with Gasteiger partial charge in [0, 0.05) is 0 Å². The summed E-state index contributed by atoms with van der Waals surface area (Å²) in [7, 11) is -2.52. The Morgan fingerprint density at radius 3 is 1.40 bits per heavy atom. The average Bonchev–Trinajstić information content (AvgIpc) is 3.75. The van der Waals surface area contributed by atoms with Crippen molar-refractivity contribution >= 4 is 15.4 Å². The molecule has 0 unspecified atom stereocenters. The Bertz CT molecular complexity index is 1320. The number of hydrogen-bond acceptors (Lipinski definition) is 4. The van der Waals surface area contributed by atoms with Crippen LogP contribution >= 0.6 is 0 Å². The van der Waals surface area contributed by atoms with Gasteiger partial charge in [-0.3, -0.25) is 0 Å². The first-order valence-electron chi connectivity index (χ1n) is 15.5. The lowest BCUT2D eigenvalue weighted by Gasteiger charge is -2.46. The van der Waals surface area contributed by atoms with Crippen molar-refractivity contribution in [3.05, 3.63) is 144 Å². The average molecular weight is 591 g/mol. The molecule has 0 radical (unpaired) electrons. The van der Waals surface area contributed by atoms with Crippen molar-refractivity contribution in [2.75, 3.05) is 6.61 Å². The molecular weight excluding hydrogens is 547 g/mol. The zero-order valence-corrected chi connectivity index (χ0v) is 26.9. The highest BCUT2D eigenvalue weighted by Crippen LogP contribution is 2.63. The van der Waals surface area contributed by atoms with Crippen LogP contribution < -0.4 is 0 Å². The van der Waals surface area contributed by atoms with E-state index < -0.39 is 32.7 Å². The predicted octanol–water partition coefficient (Wildman–Crippen LogP) is 8.18. The van der Waals surface area contributed by atoms with Crippen LogP contribution in [0.25, 0.3) is 0 Å². The number of aliphatic hydroxyl groups is 1. The molecule has 0 spiro atoms. The summed E-state index contributed by atoms with van der Waals surface area (Å²) in [4.78, 5) is 0. The lowest BCUT2D eigenvalue weighted by atomic mass is 9.66. The molecule has 4 aromatic rings. The van der Waals surface area contributed by atoms with Gasteiger partial charge in [0.2, 0.25) is 0 Å². The van der Waals surface area contributed by atoms with Gasteiger partial charge in [-0.05, 0) is 58.5 Å². The van der Waals surface area contributed by atoms with Crippen LogP contribution in [0, 0.1) is 5.92 Å². The Balaban J connectivity index is 1.46. The van der Waals surface area contributed by atoms with E-state index in [1.54, 1.807) is 0 Å². The van der Waals surface area contributed by atoms with Crippen molar-refractivity contribution in [3.63, 3.8) is 0 Å². The van der Waals surface area contributed by atoms with Gasteiger partial charge in [-0.15, -0.1) is 0 Å². The fourth-order valence-corrected chi connectivity index (χ4v) is 7.47. The zero-order chi connectivity index (χ0) is 30.3. The van der Waals surface area contributed by atoms with Crippen LogP contribution in [0.15, 0.2) is 121 Å². The highest BCUT2D eigenvalue weighted by atomic mass is 28.4. The molecule has 2 aliphatic rings. The van der Waals surface area contributed by atoms with Crippen molar-refractivity contribution < 1.29 is 18.8 Å². The van der Waals surface area contributed by atoms with Crippen LogP contribution in [0.2, 0.25) is 23.9 Å². The molecule has 4 aromatic carbocycles. The molecule has 4 nitrogen and oxygen atoms in total. The van der Waals surface area contributed by atoms with Crippen LogP contribution in [0.4, 0.5) is 0 Å². The minimum absolute atomic E-state index is 0.0408. The summed E-state index contributed by atoms with van der Waals surface area (Å²) < 4.78 is 21.2. The van der Waals surface area contributed by atoms with Gasteiger partial charge < -0.3 is 18.8 Å². The molecule has 43 heavy (non-hydrogen) atoms. The minimum atomic E-state index is -1.98. The van der Waals surface area contributed by atoms with E-state index in [9.17, 15) is 5.11 Å². The lowest BCUT2D eigenvalue weighted by molar-refractivity contribution is 0.00370. The first kappa shape index (κ1) is 30.0. The lowest BCUT2D eigenvalue weighted by Crippen LogP contribution is -2.48. The Labute approximate surface area is 258 Å². The highest BCUT2D eigenvalue weighted by molar-refractivity contribution is 6.74. The molecule has 6 heteroatoms. The van der Waals surface area contributed by atoms with Gasteiger partial charge in [0.1, 0.15) is 11.2 Å². The van der Waals surface area contributed by atoms with Crippen LogP contribution in [0.5, 0.6) is 0 Å². The largest absolute Gasteiger partial charge is 0.462 e. The number of aliphatic hydroxyl groups excluding tert-OH is 1. The van der Waals surface area contributed by atoms with E-state index in [0.29, 0.717) is 6.61 Å². The molecule has 6 rings (SSSR count). The number of benzene rings is 4. The summed E-state index contributed by atoms with van der Waals surface area (Å²) in [6.45, 7) is 11.5. The van der Waals surface area contributed by atoms with E-state index in [4.69, 9.17) is 13.7 Å². The molecule has 1 N–H and O–H groups in total. The third-order valence-electron chi connectivity index (χ3n) is 9.96. The van der Waals surface area contributed by atoms with E-state index in [2.05, 4.69) is 131 Å². The SMILES string of the molecule is CC(C)(C)[Si](C)(C)OC[C@@H](O)[C@H]1C[C@@H]1B1OC(c2ccccc2)(c2ccccc2)C(c2ccccc2)(c2ccccc2)O1. The summed E-state index contributed by atoms with van der Waals surface area (Å²) in [5, 5.41) is 11.4. The zero-order valence-electron chi connectivity index (χ0n) is 25.9. The molecule has 1 aliphatic carbocycles. The van der Waals surface area contributed by atoms with Gasteiger partial charge in [0.05, 0.1) is 12.7 Å². The maximum absolute atomic E-state index is 11.4. The summed E-state index contributed by atoms with van der Waals surface area (Å²) in [6.07, 6.45) is 0.254. The summed E-state index contributed by atoms with van der Waals surface area (Å²) in [6, 6.07) is 41.9. The summed E-state index contributed by atoms with van der Waals surface area (Å²) in [5.74, 6) is 0.0838. The van der Waals surface area contributed by atoms with Gasteiger partial charge >= 0.3 is 7.12 Å². The van der Waals surface area contributed by atoms with E-state index in [1.165, 1.54) is 0 Å². The van der Waals surface area contributed by atoms with Crippen LogP contribution in [0.1, 0.15) is 49.4 Å². The van der Waals surface area contributed by atoms with E-state index >= 15 is 0 Å². The highest BCUT2D eigenvalue weighted by Gasteiger charge is 2.69. The van der Waals surface area contributed by atoms with Crippen LogP contribution in [-0.4, -0.2) is 33.3 Å². The van der Waals surface area contributed by atoms with Crippen molar-refractivity contribution in [3.8, 4) is 0 Å². The van der Waals surface area contributed by atoms with Gasteiger partial charge in [-0.2, -0.15) is 0 Å². The number of rotatable bonds is 9. The van der Waals surface area contributed by atoms with E-state index in [1.807, 2.05) is 24.3 Å². The van der Waals surface area contributed by atoms with Crippen molar-refractivity contribution in [2.24, 2.45) is 5.92 Å². The maximum atomic E-state index is 11.4. The number of hydrogen-bond donors (Lipinski definition) is 1. The molecule has 0 aromatic heterocycles. The molecule has 0 bridgehead atoms. The molecule has 1 aliphatic heterocycles. The van der Waals surface area contributed by atoms with E-state index in [0.717, 1.165) is 28.7 Å². The van der Waals surface area contributed by atoms with Crippen molar-refractivity contribution in [1.29, 1.82) is 0 Å². The van der Waals surface area contributed by atoms with Crippen molar-refractivity contribution in [1.82, 2.24) is 0 Å². The second-order valence-electron chi connectivity index (χ2n) is 13.6. The molecule has 3 atom stereocenters. The van der Waals surface area contributed by atoms with Crippen LogP contribution in [0.3, 0.4) is 0 Å². The van der Waals surface area contributed by atoms with Gasteiger partial charge in [0.15, 0.2) is 8.32 Å². The monoisotopic (exact) mass is 590 g/mol. The van der Waals surface area contributed by atoms with E-state index in [-0.39, 0.29) is 16.8 Å². The molecule has 1 saturated carbocycles. The standard InChI is InChI=1S/C37H43BO4Si/c1-35(2,3)43(4,5)40-27-34(39)32-26-33(32)38-41-36(28-18-10-6-11-19-28,29-20-12-7-13-21-29)37(42-38,30-22-14-8-15-23-30)31-24-16-9-17-25-31/h6-25,32-34,39H,26-27H2,1-5H3/t32-,33-,34+/m0/s1. The quantitative estimate of drug-likeness (QED) is 0.200. The summed E-state index contributed by atoms with van der Waals surface area (Å²) in [5.41, 5.74) is 2.12. The van der Waals surface area contributed by atoms with Gasteiger partial charge in [0.25, 0.3) is 0 Å². The molecule has 1 heterocycles. The molecule has 2 fully saturated rings. The first-order chi connectivity index (χ1) is 20.6. The third-order valence-corrected chi connectivity index (χ3v) is 14.5. The minimum Gasteiger partial charge on any atom is -0.414 e. The van der Waals surface area contributed by atoms with Crippen LogP contribution in [-0.2, 0) is 24.9 Å². The second-order valence-corrected chi connectivity index (χ2v) is 18.4. The smallest absolute Gasteiger partial charge is 0.414 e. The fraction of sp³-hybridized carbons (Fsp3) is 0.351.